The van der Waals surface area contributed by atoms with Crippen LogP contribution in [0.2, 0.25) is 0 Å². The Hall–Kier alpha value is 0.869. The van der Waals surface area contributed by atoms with Crippen LogP contribution in [0.5, 0.6) is 0 Å². The van der Waals surface area contributed by atoms with Gasteiger partial charge < -0.3 is 0 Å². The molecular weight excluding hydrogens is 444 g/mol. The molecule has 0 aliphatic heterocycles. The monoisotopic (exact) mass is 468 g/mol. The van der Waals surface area contributed by atoms with Crippen molar-refractivity contribution in [3.05, 3.63) is 151 Å². The van der Waals surface area contributed by atoms with Gasteiger partial charge in [0.25, 0.3) is 0 Å². The maximum atomic E-state index is 4.19. The van der Waals surface area contributed by atoms with Crippen molar-refractivity contribution in [2.24, 2.45) is 0 Å². The fourth-order valence-corrected chi connectivity index (χ4v) is 2.87. The second kappa shape index (κ2) is 18.6. The summed E-state index contributed by atoms with van der Waals surface area (Å²) < 4.78 is 0. The quantitative estimate of drug-likeness (QED) is 0.381. The van der Waals surface area contributed by atoms with Crippen molar-refractivity contribution >= 4 is 11.8 Å². The zero-order chi connectivity index (χ0) is 18.5. The fraction of sp³-hybridized carbons (Fsp3) is 0.0400. The van der Waals surface area contributed by atoms with Gasteiger partial charge in [-0.3, -0.25) is 0 Å². The van der Waals surface area contributed by atoms with Gasteiger partial charge in [0.15, 0.2) is 0 Å². The van der Waals surface area contributed by atoms with Gasteiger partial charge in [-0.25, -0.2) is 0 Å². The fourth-order valence-electron chi connectivity index (χ4n) is 2.36. The summed E-state index contributed by atoms with van der Waals surface area (Å²) in [5, 5.41) is 2.16. The average molecular weight is 468 g/mol. The molecule has 0 aromatic carbocycles. The molecule has 0 N–H and O–H groups in total. The Morgan fingerprint density at radius 1 is 0.607 bits per heavy atom. The largest absolute Gasteiger partial charge is 2.00 e. The minimum absolute atomic E-state index is 0. The van der Waals surface area contributed by atoms with Gasteiger partial charge in [-0.05, 0) is 138 Å². The van der Waals surface area contributed by atoms with Gasteiger partial charge in [-0.15, -0.1) is 11.8 Å². The zero-order valence-electron chi connectivity index (χ0n) is 15.8. The molecule has 0 atom stereocenters. The summed E-state index contributed by atoms with van der Waals surface area (Å²) in [7, 11) is 0. The smallest absolute Gasteiger partial charge is 0.137 e. The number of thioether (sulfide) groups is 1. The van der Waals surface area contributed by atoms with Crippen molar-refractivity contribution in [2.75, 3.05) is 6.26 Å². The molecular formula is C25H24Fe2S+4. The predicted octanol–water partition coefficient (Wildman–Crippen LogP) is 5.64. The van der Waals surface area contributed by atoms with Crippen molar-refractivity contribution in [2.45, 2.75) is 0 Å². The van der Waals surface area contributed by atoms with Crippen LogP contribution in [0, 0.1) is 127 Å². The molecule has 0 aromatic heterocycles. The molecule has 142 valence electrons. The van der Waals surface area contributed by atoms with Gasteiger partial charge in [-0.1, -0.05) is 6.58 Å². The van der Waals surface area contributed by atoms with Crippen LogP contribution in [0.1, 0.15) is 0 Å². The van der Waals surface area contributed by atoms with Crippen molar-refractivity contribution in [1.82, 2.24) is 0 Å². The number of allylic oxidation sites excluding steroid dienone is 2. The zero-order valence-corrected chi connectivity index (χ0v) is 18.8. The maximum Gasteiger partial charge on any atom is 2.00 e. The summed E-state index contributed by atoms with van der Waals surface area (Å²) >= 11 is 1.71. The Bertz CT molecular complexity index is 374. The number of rotatable bonds is 4. The molecule has 4 aliphatic carbocycles. The minimum atomic E-state index is 0. The van der Waals surface area contributed by atoms with Crippen LogP contribution in [0.4, 0.5) is 0 Å². The van der Waals surface area contributed by atoms with Gasteiger partial charge in [0, 0.05) is 11.8 Å². The number of hydrogen-bond acceptors (Lipinski definition) is 1. The second-order valence-electron chi connectivity index (χ2n) is 5.52. The number of hydrogen-bond donors (Lipinski definition) is 0. The van der Waals surface area contributed by atoms with E-state index in [1.54, 1.807) is 11.8 Å². The third-order valence-electron chi connectivity index (χ3n) is 3.66. The molecule has 0 spiro atoms. The SMILES string of the molecule is C=C([C]1[CH][CH][CH][CH]1)/C(=C/SC)[C]1[CH][CH][CH][CH]1.[CH]1[CH][CH][CH][CH]1.[CH]1[CH][CH][CH][CH]1.[Fe+2].[Fe+2]. The molecule has 0 unspecified atom stereocenters. The van der Waals surface area contributed by atoms with Crippen LogP contribution < -0.4 is 0 Å². The second-order valence-corrected chi connectivity index (χ2v) is 6.22. The third-order valence-corrected chi connectivity index (χ3v) is 4.13. The normalized spacial score (nSPS) is 22.4. The summed E-state index contributed by atoms with van der Waals surface area (Å²) in [6, 6.07) is 0. The van der Waals surface area contributed by atoms with Crippen LogP contribution in [0.3, 0.4) is 0 Å². The van der Waals surface area contributed by atoms with Crippen molar-refractivity contribution in [3.63, 3.8) is 0 Å². The minimum Gasteiger partial charge on any atom is -0.137 e. The van der Waals surface area contributed by atoms with E-state index < -0.39 is 0 Å². The van der Waals surface area contributed by atoms with Gasteiger partial charge in [0.05, 0.1) is 0 Å². The van der Waals surface area contributed by atoms with E-state index in [0.29, 0.717) is 0 Å². The molecule has 0 aromatic rings. The molecule has 4 rings (SSSR count). The molecule has 4 saturated carbocycles. The molecule has 20 radical (unpaired) electrons. The van der Waals surface area contributed by atoms with E-state index >= 15 is 0 Å². The Kier molecular flexibility index (Phi) is 19.2. The topological polar surface area (TPSA) is 0 Å². The van der Waals surface area contributed by atoms with Crippen LogP contribution in [-0.2, 0) is 34.1 Å². The molecule has 0 saturated heterocycles. The molecule has 4 aliphatic rings. The van der Waals surface area contributed by atoms with Crippen LogP contribution in [-0.4, -0.2) is 6.26 Å². The Morgan fingerprint density at radius 2 is 0.929 bits per heavy atom. The van der Waals surface area contributed by atoms with Crippen LogP contribution in [0.15, 0.2) is 23.1 Å². The van der Waals surface area contributed by atoms with E-state index in [1.165, 1.54) is 17.4 Å². The first kappa shape index (κ1) is 28.9. The Labute approximate surface area is 201 Å². The van der Waals surface area contributed by atoms with Crippen molar-refractivity contribution < 1.29 is 34.1 Å². The van der Waals surface area contributed by atoms with E-state index in [-0.39, 0.29) is 34.1 Å². The maximum absolute atomic E-state index is 4.19. The molecule has 28 heavy (non-hydrogen) atoms. The summed E-state index contributed by atoms with van der Waals surface area (Å²) in [5.74, 6) is 2.43. The van der Waals surface area contributed by atoms with Gasteiger partial charge >= 0.3 is 34.1 Å². The third kappa shape index (κ3) is 11.3. The van der Waals surface area contributed by atoms with Crippen molar-refractivity contribution in [3.8, 4) is 0 Å². The summed E-state index contributed by atoms with van der Waals surface area (Å²) in [5.41, 5.74) is 2.30. The molecule has 3 heteroatoms. The summed E-state index contributed by atoms with van der Waals surface area (Å²) in [4.78, 5) is 0. The van der Waals surface area contributed by atoms with E-state index in [4.69, 9.17) is 0 Å². The van der Waals surface area contributed by atoms with E-state index in [0.717, 1.165) is 5.57 Å². The average Bonchev–Trinajstić information content (AvgIpc) is 3.50. The van der Waals surface area contributed by atoms with E-state index in [2.05, 4.69) is 56.8 Å². The van der Waals surface area contributed by atoms with Crippen LogP contribution in [0.25, 0.3) is 0 Å². The standard InChI is InChI=1S/C15H14S.2C5H5.2Fe/c1-12(13-7-3-4-8-13)15(11-16-2)14-9-5-6-10-14;2*1-2-4-5-3-1;;/h3-11H,1H2,2H3;2*1-5H;;/q;;;2*+2/b15-11-;;;;. The van der Waals surface area contributed by atoms with E-state index in [1.807, 2.05) is 77.0 Å². The molecule has 0 heterocycles. The predicted molar refractivity (Wildman–Crippen MR) is 115 cm³/mol. The first-order valence-electron chi connectivity index (χ1n) is 8.52. The molecule has 0 bridgehead atoms. The first-order chi connectivity index (χ1) is 12.8. The van der Waals surface area contributed by atoms with Crippen LogP contribution >= 0.6 is 11.8 Å². The van der Waals surface area contributed by atoms with Crippen molar-refractivity contribution in [1.29, 1.82) is 0 Å². The summed E-state index contributed by atoms with van der Waals surface area (Å²) in [6.07, 6.45) is 38.7. The summed E-state index contributed by atoms with van der Waals surface area (Å²) in [6.45, 7) is 4.19. The Balaban J connectivity index is 0.000000500. The van der Waals surface area contributed by atoms with Gasteiger partial charge in [0.2, 0.25) is 0 Å². The Morgan fingerprint density at radius 3 is 1.25 bits per heavy atom. The van der Waals surface area contributed by atoms with Gasteiger partial charge in [-0.2, -0.15) is 0 Å². The van der Waals surface area contributed by atoms with Gasteiger partial charge in [0.1, 0.15) is 0 Å². The van der Waals surface area contributed by atoms with E-state index in [9.17, 15) is 0 Å². The molecule has 0 nitrogen and oxygen atoms in total. The first-order valence-corrected chi connectivity index (χ1v) is 9.81. The molecule has 4 fully saturated rings. The molecule has 0 amide bonds.